The number of methoxy groups -OCH3 is 1. The van der Waals surface area contributed by atoms with Crippen molar-refractivity contribution in [2.24, 2.45) is 0 Å². The number of hydrogen-bond donors (Lipinski definition) is 0. The minimum Gasteiger partial charge on any atom is -0.493 e. The van der Waals surface area contributed by atoms with Gasteiger partial charge >= 0.3 is 0 Å². The van der Waals surface area contributed by atoms with Crippen molar-refractivity contribution in [3.05, 3.63) is 29.6 Å². The van der Waals surface area contributed by atoms with Crippen LogP contribution >= 0.6 is 11.6 Å². The second kappa shape index (κ2) is 8.14. The van der Waals surface area contributed by atoms with Crippen molar-refractivity contribution >= 4 is 11.6 Å². The molecule has 0 bridgehead atoms. The molecule has 0 fully saturated rings. The number of halogens is 2. The molecule has 110 valence electrons. The van der Waals surface area contributed by atoms with Crippen LogP contribution in [0.4, 0.5) is 4.39 Å². The van der Waals surface area contributed by atoms with E-state index in [4.69, 9.17) is 21.1 Å². The molecule has 1 aromatic carbocycles. The monoisotopic (exact) mass is 298 g/mol. The van der Waals surface area contributed by atoms with Crippen LogP contribution in [0.25, 0.3) is 0 Å². The average Bonchev–Trinajstić information content (AvgIpc) is 2.38. The van der Waals surface area contributed by atoms with Gasteiger partial charge in [0.2, 0.25) is 0 Å². The van der Waals surface area contributed by atoms with E-state index in [0.717, 1.165) is 0 Å². The fourth-order valence-electron chi connectivity index (χ4n) is 1.45. The van der Waals surface area contributed by atoms with Gasteiger partial charge in [0.15, 0.2) is 0 Å². The molecule has 0 saturated carbocycles. The summed E-state index contributed by atoms with van der Waals surface area (Å²) in [6, 6.07) is 4.46. The van der Waals surface area contributed by atoms with Crippen molar-refractivity contribution in [3.8, 4) is 17.6 Å². The molecule has 0 N–H and O–H groups in total. The first-order valence-corrected chi connectivity index (χ1v) is 7.04. The molecular weight excluding hydrogens is 279 g/mol. The highest BCUT2D eigenvalue weighted by molar-refractivity contribution is 6.18. The van der Waals surface area contributed by atoms with Crippen LogP contribution in [-0.2, 0) is 4.74 Å². The topological polar surface area (TPSA) is 18.5 Å². The van der Waals surface area contributed by atoms with Crippen molar-refractivity contribution in [1.29, 1.82) is 0 Å². The standard InChI is InChI=1S/C16H20ClFO2/c1-16(2,19-3)7-9-20-15-11-13(6-4-5-8-17)10-14(18)12-15/h10-12H,5,7-9H2,1-3H3. The largest absolute Gasteiger partial charge is 0.493 e. The molecule has 20 heavy (non-hydrogen) atoms. The van der Waals surface area contributed by atoms with Crippen LogP contribution in [0.5, 0.6) is 5.75 Å². The third-order valence-electron chi connectivity index (χ3n) is 2.85. The van der Waals surface area contributed by atoms with E-state index < -0.39 is 0 Å². The number of ether oxygens (including phenoxy) is 2. The van der Waals surface area contributed by atoms with Gasteiger partial charge in [-0.05, 0) is 26.0 Å². The van der Waals surface area contributed by atoms with Gasteiger partial charge in [-0.2, -0.15) is 0 Å². The minimum absolute atomic E-state index is 0.254. The highest BCUT2D eigenvalue weighted by Crippen LogP contribution is 2.18. The Balaban J connectivity index is 2.65. The van der Waals surface area contributed by atoms with E-state index in [-0.39, 0.29) is 11.4 Å². The molecule has 0 spiro atoms. The van der Waals surface area contributed by atoms with Gasteiger partial charge in [-0.3, -0.25) is 0 Å². The molecule has 0 aliphatic heterocycles. The second-order valence-corrected chi connectivity index (χ2v) is 5.36. The van der Waals surface area contributed by atoms with Crippen molar-refractivity contribution in [1.82, 2.24) is 0 Å². The van der Waals surface area contributed by atoms with Crippen LogP contribution in [-0.4, -0.2) is 25.2 Å². The van der Waals surface area contributed by atoms with Gasteiger partial charge in [-0.15, -0.1) is 11.6 Å². The van der Waals surface area contributed by atoms with Gasteiger partial charge < -0.3 is 9.47 Å². The maximum Gasteiger partial charge on any atom is 0.128 e. The molecule has 0 atom stereocenters. The molecule has 0 radical (unpaired) electrons. The lowest BCUT2D eigenvalue weighted by Gasteiger charge is -2.22. The molecule has 0 heterocycles. The summed E-state index contributed by atoms with van der Waals surface area (Å²) < 4.78 is 24.3. The number of rotatable bonds is 6. The molecule has 1 aromatic rings. The summed E-state index contributed by atoms with van der Waals surface area (Å²) in [7, 11) is 1.66. The smallest absolute Gasteiger partial charge is 0.128 e. The van der Waals surface area contributed by atoms with Crippen LogP contribution in [0, 0.1) is 17.7 Å². The average molecular weight is 299 g/mol. The molecule has 2 nitrogen and oxygen atoms in total. The lowest BCUT2D eigenvalue weighted by Crippen LogP contribution is -2.25. The summed E-state index contributed by atoms with van der Waals surface area (Å²) in [6.07, 6.45) is 1.30. The summed E-state index contributed by atoms with van der Waals surface area (Å²) in [5.74, 6) is 6.33. The lowest BCUT2D eigenvalue weighted by atomic mass is 10.1. The van der Waals surface area contributed by atoms with Gasteiger partial charge in [-0.25, -0.2) is 4.39 Å². The first-order chi connectivity index (χ1) is 9.46. The Morgan fingerprint density at radius 2 is 2.05 bits per heavy atom. The van der Waals surface area contributed by atoms with E-state index in [1.165, 1.54) is 12.1 Å². The second-order valence-electron chi connectivity index (χ2n) is 4.98. The van der Waals surface area contributed by atoms with Crippen molar-refractivity contribution in [3.63, 3.8) is 0 Å². The maximum absolute atomic E-state index is 13.5. The fraction of sp³-hybridized carbons (Fsp3) is 0.500. The Hall–Kier alpha value is -1.24. The third kappa shape index (κ3) is 6.27. The Morgan fingerprint density at radius 3 is 2.70 bits per heavy atom. The van der Waals surface area contributed by atoms with Crippen molar-refractivity contribution < 1.29 is 13.9 Å². The van der Waals surface area contributed by atoms with Gasteiger partial charge in [0.05, 0.1) is 12.2 Å². The summed E-state index contributed by atoms with van der Waals surface area (Å²) in [5.41, 5.74) is 0.340. The molecule has 0 aromatic heterocycles. The highest BCUT2D eigenvalue weighted by atomic mass is 35.5. The summed E-state index contributed by atoms with van der Waals surface area (Å²) in [5, 5.41) is 0. The van der Waals surface area contributed by atoms with Crippen LogP contribution in [0.2, 0.25) is 0 Å². The third-order valence-corrected chi connectivity index (χ3v) is 3.04. The van der Waals surface area contributed by atoms with Crippen LogP contribution in [0.15, 0.2) is 18.2 Å². The van der Waals surface area contributed by atoms with Crippen molar-refractivity contribution in [2.75, 3.05) is 19.6 Å². The zero-order valence-electron chi connectivity index (χ0n) is 12.1. The Bertz CT molecular complexity index is 489. The SMILES string of the molecule is COC(C)(C)CCOc1cc(F)cc(C#CCCCl)c1. The quantitative estimate of drug-likeness (QED) is 0.584. The van der Waals surface area contributed by atoms with Crippen LogP contribution in [0.3, 0.4) is 0 Å². The predicted octanol–water partition coefficient (Wildman–Crippen LogP) is 4.00. The molecule has 0 aliphatic carbocycles. The highest BCUT2D eigenvalue weighted by Gasteiger charge is 2.16. The molecule has 0 unspecified atom stereocenters. The predicted molar refractivity (Wildman–Crippen MR) is 79.8 cm³/mol. The molecule has 0 aliphatic rings. The van der Waals surface area contributed by atoms with Gasteiger partial charge in [0, 0.05) is 37.5 Å². The van der Waals surface area contributed by atoms with E-state index in [1.54, 1.807) is 13.2 Å². The van der Waals surface area contributed by atoms with Crippen molar-refractivity contribution in [2.45, 2.75) is 32.3 Å². The summed E-state index contributed by atoms with van der Waals surface area (Å²) in [6.45, 7) is 4.41. The molecule has 1 rings (SSSR count). The minimum atomic E-state index is -0.358. The van der Waals surface area contributed by atoms with E-state index >= 15 is 0 Å². The van der Waals surface area contributed by atoms with E-state index in [9.17, 15) is 4.39 Å². The van der Waals surface area contributed by atoms with E-state index in [0.29, 0.717) is 36.6 Å². The normalized spacial score (nSPS) is 10.8. The number of hydrogen-bond acceptors (Lipinski definition) is 2. The first-order valence-electron chi connectivity index (χ1n) is 6.50. The zero-order chi connectivity index (χ0) is 15.0. The molecule has 4 heteroatoms. The van der Waals surface area contributed by atoms with Gasteiger partial charge in [0.1, 0.15) is 11.6 Å². The Labute approximate surface area is 125 Å². The fourth-order valence-corrected chi connectivity index (χ4v) is 1.54. The van der Waals surface area contributed by atoms with Crippen LogP contribution < -0.4 is 4.74 Å². The summed E-state index contributed by atoms with van der Waals surface area (Å²) >= 11 is 5.54. The molecular formula is C16H20ClFO2. The molecule has 0 amide bonds. The van der Waals surface area contributed by atoms with E-state index in [2.05, 4.69) is 11.8 Å². The zero-order valence-corrected chi connectivity index (χ0v) is 12.9. The Kier molecular flexibility index (Phi) is 6.84. The number of alkyl halides is 1. The lowest BCUT2D eigenvalue weighted by molar-refractivity contribution is 0.00544. The van der Waals surface area contributed by atoms with Gasteiger partial charge in [0.25, 0.3) is 0 Å². The molecule has 0 saturated heterocycles. The first kappa shape index (κ1) is 16.8. The summed E-state index contributed by atoms with van der Waals surface area (Å²) in [4.78, 5) is 0. The maximum atomic E-state index is 13.5. The Morgan fingerprint density at radius 1 is 1.30 bits per heavy atom. The van der Waals surface area contributed by atoms with Crippen LogP contribution in [0.1, 0.15) is 32.3 Å². The number of benzene rings is 1. The van der Waals surface area contributed by atoms with Gasteiger partial charge in [-0.1, -0.05) is 11.8 Å². The van der Waals surface area contributed by atoms with E-state index in [1.807, 2.05) is 13.8 Å².